The minimum Gasteiger partial charge on any atom is -0.347 e. The Morgan fingerprint density at radius 1 is 0.806 bits per heavy atom. The summed E-state index contributed by atoms with van der Waals surface area (Å²) >= 11 is 0. The van der Waals surface area contributed by atoms with Gasteiger partial charge in [-0.15, -0.1) is 0 Å². The highest BCUT2D eigenvalue weighted by atomic mass is 14.9. The van der Waals surface area contributed by atoms with E-state index in [1.165, 1.54) is 43.9 Å². The van der Waals surface area contributed by atoms with Crippen LogP contribution in [0.2, 0.25) is 0 Å². The van der Waals surface area contributed by atoms with E-state index in [2.05, 4.69) is 121 Å². The minimum absolute atomic E-state index is 0.274. The molecule has 1 aromatic heterocycles. The molecule has 4 aromatic carbocycles. The summed E-state index contributed by atoms with van der Waals surface area (Å²) in [5.74, 6) is 0. The number of benzene rings is 4. The molecule has 154 valence electrons. The predicted molar refractivity (Wildman–Crippen MR) is 132 cm³/mol. The molecule has 0 radical (unpaired) electrons. The maximum absolute atomic E-state index is 3.75. The van der Waals surface area contributed by atoms with Crippen molar-refractivity contribution in [3.05, 3.63) is 108 Å². The van der Waals surface area contributed by atoms with Gasteiger partial charge in [-0.25, -0.2) is 0 Å². The predicted octanol–water partition coefficient (Wildman–Crippen LogP) is 7.33. The van der Waals surface area contributed by atoms with Crippen LogP contribution < -0.4 is 5.32 Å². The molecule has 0 spiro atoms. The van der Waals surface area contributed by atoms with Crippen molar-refractivity contribution in [3.63, 3.8) is 0 Å². The zero-order valence-electron chi connectivity index (χ0n) is 18.2. The normalized spacial score (nSPS) is 12.5. The SMILES string of the molecule is CCn1cc(-c2ccccc2)c2cc(CN[C@H](C)c3cccc4ccccc34)ccc21. The molecular weight excluding hydrogens is 376 g/mol. The molecule has 0 saturated carbocycles. The highest BCUT2D eigenvalue weighted by Crippen LogP contribution is 2.32. The smallest absolute Gasteiger partial charge is 0.0486 e. The summed E-state index contributed by atoms with van der Waals surface area (Å²) < 4.78 is 2.34. The van der Waals surface area contributed by atoms with Gasteiger partial charge in [-0.2, -0.15) is 0 Å². The number of fused-ring (bicyclic) bond motifs is 2. The Labute approximate surface area is 184 Å². The van der Waals surface area contributed by atoms with E-state index < -0.39 is 0 Å². The molecule has 2 heteroatoms. The first-order valence-corrected chi connectivity index (χ1v) is 11.1. The summed E-state index contributed by atoms with van der Waals surface area (Å²) in [7, 11) is 0. The van der Waals surface area contributed by atoms with Crippen LogP contribution in [0.1, 0.15) is 31.0 Å². The summed E-state index contributed by atoms with van der Waals surface area (Å²) in [6.45, 7) is 6.27. The second-order valence-electron chi connectivity index (χ2n) is 8.22. The second-order valence-corrected chi connectivity index (χ2v) is 8.22. The van der Waals surface area contributed by atoms with Crippen molar-refractivity contribution in [2.75, 3.05) is 0 Å². The molecule has 5 rings (SSSR count). The average molecular weight is 405 g/mol. The molecule has 0 bridgehead atoms. The first-order valence-electron chi connectivity index (χ1n) is 11.1. The van der Waals surface area contributed by atoms with Crippen molar-refractivity contribution in [1.29, 1.82) is 0 Å². The van der Waals surface area contributed by atoms with E-state index in [1.54, 1.807) is 0 Å². The quantitative estimate of drug-likeness (QED) is 0.313. The second kappa shape index (κ2) is 8.41. The Bertz CT molecular complexity index is 1330. The average Bonchev–Trinajstić information content (AvgIpc) is 3.21. The molecule has 31 heavy (non-hydrogen) atoms. The number of nitrogens with one attached hydrogen (secondary N) is 1. The lowest BCUT2D eigenvalue weighted by Gasteiger charge is -2.17. The maximum atomic E-state index is 3.75. The summed E-state index contributed by atoms with van der Waals surface area (Å²) in [6, 6.07) is 33.0. The van der Waals surface area contributed by atoms with Crippen LogP contribution in [0.5, 0.6) is 0 Å². The highest BCUT2D eigenvalue weighted by Gasteiger charge is 2.12. The Morgan fingerprint density at radius 2 is 1.58 bits per heavy atom. The molecule has 1 N–H and O–H groups in total. The topological polar surface area (TPSA) is 17.0 Å². The minimum atomic E-state index is 0.274. The molecule has 0 saturated heterocycles. The molecule has 2 nitrogen and oxygen atoms in total. The number of aryl methyl sites for hydroxylation is 1. The van der Waals surface area contributed by atoms with Gasteiger partial charge in [0.15, 0.2) is 0 Å². The lowest BCUT2D eigenvalue weighted by molar-refractivity contribution is 0.578. The van der Waals surface area contributed by atoms with Crippen molar-refractivity contribution in [2.24, 2.45) is 0 Å². The number of nitrogens with zero attached hydrogens (tertiary/aromatic N) is 1. The zero-order valence-corrected chi connectivity index (χ0v) is 18.2. The molecule has 0 amide bonds. The molecule has 0 unspecified atom stereocenters. The third kappa shape index (κ3) is 3.75. The van der Waals surface area contributed by atoms with Crippen LogP contribution >= 0.6 is 0 Å². The van der Waals surface area contributed by atoms with Gasteiger partial charge in [0, 0.05) is 41.8 Å². The lowest BCUT2D eigenvalue weighted by Crippen LogP contribution is -2.18. The highest BCUT2D eigenvalue weighted by molar-refractivity contribution is 5.96. The van der Waals surface area contributed by atoms with Crippen LogP contribution in [0.15, 0.2) is 97.2 Å². The fourth-order valence-electron chi connectivity index (χ4n) is 4.57. The van der Waals surface area contributed by atoms with Gasteiger partial charge in [-0.1, -0.05) is 78.9 Å². The molecule has 0 fully saturated rings. The van der Waals surface area contributed by atoms with E-state index in [0.29, 0.717) is 0 Å². The molecule has 0 aliphatic rings. The fraction of sp³-hybridized carbons (Fsp3) is 0.172. The number of rotatable bonds is 6. The zero-order chi connectivity index (χ0) is 21.2. The molecule has 1 heterocycles. The monoisotopic (exact) mass is 404 g/mol. The first-order chi connectivity index (χ1) is 15.2. The van der Waals surface area contributed by atoms with Crippen molar-refractivity contribution in [2.45, 2.75) is 33.0 Å². The van der Waals surface area contributed by atoms with E-state index in [-0.39, 0.29) is 6.04 Å². The Hall–Kier alpha value is -3.36. The summed E-state index contributed by atoms with van der Waals surface area (Å²) in [5.41, 5.74) is 6.54. The van der Waals surface area contributed by atoms with Crippen molar-refractivity contribution in [3.8, 4) is 11.1 Å². The van der Waals surface area contributed by atoms with Crippen LogP contribution in [0, 0.1) is 0 Å². The van der Waals surface area contributed by atoms with Gasteiger partial charge in [0.25, 0.3) is 0 Å². The summed E-state index contributed by atoms with van der Waals surface area (Å²) in [4.78, 5) is 0. The van der Waals surface area contributed by atoms with E-state index in [1.807, 2.05) is 0 Å². The van der Waals surface area contributed by atoms with Crippen LogP contribution in [-0.2, 0) is 13.1 Å². The van der Waals surface area contributed by atoms with E-state index in [9.17, 15) is 0 Å². The third-order valence-corrected chi connectivity index (χ3v) is 6.27. The van der Waals surface area contributed by atoms with Crippen LogP contribution in [-0.4, -0.2) is 4.57 Å². The van der Waals surface area contributed by atoms with Crippen LogP contribution in [0.25, 0.3) is 32.8 Å². The third-order valence-electron chi connectivity index (χ3n) is 6.27. The van der Waals surface area contributed by atoms with E-state index in [4.69, 9.17) is 0 Å². The molecule has 0 aliphatic heterocycles. The number of hydrogen-bond acceptors (Lipinski definition) is 1. The number of hydrogen-bond donors (Lipinski definition) is 1. The largest absolute Gasteiger partial charge is 0.347 e. The summed E-state index contributed by atoms with van der Waals surface area (Å²) in [5, 5.41) is 7.69. The Balaban J connectivity index is 1.44. The van der Waals surface area contributed by atoms with Gasteiger partial charge in [-0.05, 0) is 53.4 Å². The molecular formula is C29H28N2. The maximum Gasteiger partial charge on any atom is 0.0486 e. The van der Waals surface area contributed by atoms with Gasteiger partial charge >= 0.3 is 0 Å². The summed E-state index contributed by atoms with van der Waals surface area (Å²) in [6.07, 6.45) is 2.29. The first kappa shape index (κ1) is 19.6. The standard InChI is InChI=1S/C29H28N2/c1-3-31-20-28(24-10-5-4-6-11-24)27-18-22(16-17-29(27)31)19-30-21(2)25-15-9-13-23-12-7-8-14-26(23)25/h4-18,20-21,30H,3,19H2,1-2H3/t21-/m1/s1. The Kier molecular flexibility index (Phi) is 5.31. The van der Waals surface area contributed by atoms with Gasteiger partial charge in [-0.3, -0.25) is 0 Å². The van der Waals surface area contributed by atoms with Crippen LogP contribution in [0.3, 0.4) is 0 Å². The lowest BCUT2D eigenvalue weighted by atomic mass is 9.99. The Morgan fingerprint density at radius 3 is 2.42 bits per heavy atom. The fourth-order valence-corrected chi connectivity index (χ4v) is 4.57. The van der Waals surface area contributed by atoms with Gasteiger partial charge in [0.2, 0.25) is 0 Å². The van der Waals surface area contributed by atoms with Crippen molar-refractivity contribution < 1.29 is 0 Å². The van der Waals surface area contributed by atoms with E-state index >= 15 is 0 Å². The van der Waals surface area contributed by atoms with Crippen molar-refractivity contribution >= 4 is 21.7 Å². The van der Waals surface area contributed by atoms with E-state index in [0.717, 1.165) is 13.1 Å². The molecule has 0 aliphatic carbocycles. The molecule has 1 atom stereocenters. The van der Waals surface area contributed by atoms with Gasteiger partial charge in [0.05, 0.1) is 0 Å². The van der Waals surface area contributed by atoms with Gasteiger partial charge < -0.3 is 9.88 Å². The van der Waals surface area contributed by atoms with Gasteiger partial charge in [0.1, 0.15) is 0 Å². The van der Waals surface area contributed by atoms with Crippen molar-refractivity contribution in [1.82, 2.24) is 9.88 Å². The van der Waals surface area contributed by atoms with Crippen LogP contribution in [0.4, 0.5) is 0 Å². The number of aromatic nitrogens is 1. The molecule has 5 aromatic rings.